The van der Waals surface area contributed by atoms with Crippen molar-refractivity contribution in [2.24, 2.45) is 0 Å². The molecule has 1 atom stereocenters. The first-order chi connectivity index (χ1) is 9.08. The Morgan fingerprint density at radius 2 is 2.16 bits per heavy atom. The Morgan fingerprint density at radius 1 is 1.42 bits per heavy atom. The van der Waals surface area contributed by atoms with Gasteiger partial charge in [0.15, 0.2) is 11.6 Å². The molecule has 0 saturated carbocycles. The van der Waals surface area contributed by atoms with Crippen molar-refractivity contribution in [3.63, 3.8) is 0 Å². The van der Waals surface area contributed by atoms with Gasteiger partial charge in [0.05, 0.1) is 11.4 Å². The lowest BCUT2D eigenvalue weighted by Crippen LogP contribution is -2.11. The van der Waals surface area contributed by atoms with E-state index in [1.807, 2.05) is 6.92 Å². The number of aryl methyl sites for hydroxylation is 1. The van der Waals surface area contributed by atoms with E-state index in [1.165, 1.54) is 10.6 Å². The normalized spacial score (nSPS) is 13.1. The van der Waals surface area contributed by atoms with Gasteiger partial charge in [0.1, 0.15) is 11.3 Å². The summed E-state index contributed by atoms with van der Waals surface area (Å²) >= 11 is 5.77. The Bertz CT molecular complexity index is 630. The Hall–Kier alpha value is -1.01. The van der Waals surface area contributed by atoms with Crippen molar-refractivity contribution in [2.75, 3.05) is 11.5 Å². The van der Waals surface area contributed by atoms with E-state index in [2.05, 4.69) is 4.98 Å². The number of aromatic nitrogens is 2. The number of alkyl halides is 1. The Morgan fingerprint density at radius 3 is 2.79 bits per heavy atom. The molecule has 0 fully saturated rings. The zero-order valence-electron chi connectivity index (χ0n) is 10.3. The van der Waals surface area contributed by atoms with Gasteiger partial charge in [-0.2, -0.15) is 0 Å². The van der Waals surface area contributed by atoms with Crippen LogP contribution in [0.2, 0.25) is 0 Å². The number of rotatable bonds is 5. The smallest absolute Gasteiger partial charge is 0.184 e. The molecule has 1 unspecified atom stereocenters. The molecule has 0 radical (unpaired) electrons. The van der Waals surface area contributed by atoms with Crippen LogP contribution in [0.3, 0.4) is 0 Å². The van der Waals surface area contributed by atoms with Gasteiger partial charge >= 0.3 is 0 Å². The summed E-state index contributed by atoms with van der Waals surface area (Å²) in [6, 6.07) is 2.45. The maximum absolute atomic E-state index is 13.9. The summed E-state index contributed by atoms with van der Waals surface area (Å²) in [6.07, 6.45) is 0. The molecular formula is C12H13ClF2N2OS. The first kappa shape index (κ1) is 14.4. The monoisotopic (exact) mass is 306 g/mol. The van der Waals surface area contributed by atoms with Crippen LogP contribution in [0, 0.1) is 11.6 Å². The van der Waals surface area contributed by atoms with Crippen LogP contribution in [0.4, 0.5) is 8.78 Å². The summed E-state index contributed by atoms with van der Waals surface area (Å²) in [7, 11) is -0.985. The predicted octanol–water partition coefficient (Wildman–Crippen LogP) is 2.82. The Labute approximate surface area is 117 Å². The van der Waals surface area contributed by atoms with Crippen LogP contribution in [0.25, 0.3) is 11.0 Å². The van der Waals surface area contributed by atoms with E-state index in [0.29, 0.717) is 29.4 Å². The second-order valence-electron chi connectivity index (χ2n) is 3.98. The number of benzene rings is 1. The molecule has 0 bridgehead atoms. The van der Waals surface area contributed by atoms with Gasteiger partial charge in [0.25, 0.3) is 0 Å². The number of halogens is 3. The highest BCUT2D eigenvalue weighted by Crippen LogP contribution is 2.22. The number of nitrogens with zero attached hydrogens (tertiary/aromatic N) is 2. The van der Waals surface area contributed by atoms with Gasteiger partial charge in [0.2, 0.25) is 0 Å². The molecule has 1 aromatic heterocycles. The highest BCUT2D eigenvalue weighted by atomic mass is 35.5. The fourth-order valence-corrected chi connectivity index (χ4v) is 2.76. The lowest BCUT2D eigenvalue weighted by Gasteiger charge is -2.07. The molecule has 1 heterocycles. The van der Waals surface area contributed by atoms with Crippen molar-refractivity contribution < 1.29 is 13.0 Å². The minimum Gasteiger partial charge on any atom is -0.324 e. The van der Waals surface area contributed by atoms with Crippen molar-refractivity contribution >= 4 is 33.4 Å². The number of hydrogen-bond donors (Lipinski definition) is 0. The van der Waals surface area contributed by atoms with Crippen LogP contribution in [0.15, 0.2) is 12.1 Å². The summed E-state index contributed by atoms with van der Waals surface area (Å²) in [5.41, 5.74) is 0.445. The van der Waals surface area contributed by atoms with E-state index in [1.54, 1.807) is 0 Å². The Balaban J connectivity index is 2.49. The minimum absolute atomic E-state index is 0.0868. The van der Waals surface area contributed by atoms with Crippen molar-refractivity contribution in [2.45, 2.75) is 19.3 Å². The summed E-state index contributed by atoms with van der Waals surface area (Å²) in [6.45, 7) is 2.12. The molecule has 104 valence electrons. The van der Waals surface area contributed by atoms with Crippen LogP contribution in [-0.2, 0) is 23.2 Å². The molecule has 2 aromatic rings. The molecule has 7 heteroatoms. The van der Waals surface area contributed by atoms with E-state index >= 15 is 0 Å². The lowest BCUT2D eigenvalue weighted by molar-refractivity contribution is 0.511. The second-order valence-corrected chi connectivity index (χ2v) is 6.11. The van der Waals surface area contributed by atoms with Crippen LogP contribution in [0.5, 0.6) is 0 Å². The van der Waals surface area contributed by atoms with Crippen LogP contribution >= 0.6 is 11.6 Å². The number of fused-ring (bicyclic) bond motifs is 1. The fourth-order valence-electron chi connectivity index (χ4n) is 1.89. The van der Waals surface area contributed by atoms with Crippen LogP contribution < -0.4 is 0 Å². The third-order valence-electron chi connectivity index (χ3n) is 2.86. The molecule has 0 aliphatic heterocycles. The molecule has 19 heavy (non-hydrogen) atoms. The molecule has 0 N–H and O–H groups in total. The zero-order valence-corrected chi connectivity index (χ0v) is 11.9. The van der Waals surface area contributed by atoms with Gasteiger partial charge in [-0.15, -0.1) is 11.6 Å². The average molecular weight is 307 g/mol. The third-order valence-corrected chi connectivity index (χ3v) is 4.38. The fraction of sp³-hybridized carbons (Fsp3) is 0.417. The van der Waals surface area contributed by atoms with Gasteiger partial charge < -0.3 is 4.57 Å². The second kappa shape index (κ2) is 5.96. The topological polar surface area (TPSA) is 34.9 Å². The average Bonchev–Trinajstić information content (AvgIpc) is 2.78. The number of imidazole rings is 1. The van der Waals surface area contributed by atoms with E-state index < -0.39 is 22.4 Å². The molecule has 0 aliphatic rings. The first-order valence-electron chi connectivity index (χ1n) is 5.82. The molecule has 2 rings (SSSR count). The van der Waals surface area contributed by atoms with Gasteiger partial charge in [-0.3, -0.25) is 4.21 Å². The molecule has 0 spiro atoms. The molecule has 0 amide bonds. The molecule has 1 aromatic carbocycles. The lowest BCUT2D eigenvalue weighted by atomic mass is 10.3. The summed E-state index contributed by atoms with van der Waals surface area (Å²) in [5, 5.41) is 0. The highest BCUT2D eigenvalue weighted by Gasteiger charge is 2.17. The van der Waals surface area contributed by atoms with Gasteiger partial charge in [0, 0.05) is 28.9 Å². The zero-order chi connectivity index (χ0) is 14.0. The Kier molecular flexibility index (Phi) is 4.52. The van der Waals surface area contributed by atoms with E-state index in [9.17, 15) is 13.0 Å². The van der Waals surface area contributed by atoms with Gasteiger partial charge in [-0.25, -0.2) is 13.8 Å². The van der Waals surface area contributed by atoms with Crippen LogP contribution in [0.1, 0.15) is 12.7 Å². The van der Waals surface area contributed by atoms with Crippen molar-refractivity contribution in [1.82, 2.24) is 9.55 Å². The predicted molar refractivity (Wildman–Crippen MR) is 72.8 cm³/mol. The summed E-state index contributed by atoms with van der Waals surface area (Å²) in [5.74, 6) is -0.431. The summed E-state index contributed by atoms with van der Waals surface area (Å²) < 4.78 is 40.1. The minimum atomic E-state index is -0.985. The quantitative estimate of drug-likeness (QED) is 0.796. The summed E-state index contributed by atoms with van der Waals surface area (Å²) in [4.78, 5) is 4.16. The molecule has 3 nitrogen and oxygen atoms in total. The molecular weight excluding hydrogens is 294 g/mol. The van der Waals surface area contributed by atoms with E-state index in [-0.39, 0.29) is 11.4 Å². The van der Waals surface area contributed by atoms with Crippen molar-refractivity contribution in [3.8, 4) is 0 Å². The first-order valence-corrected chi connectivity index (χ1v) is 7.84. The van der Waals surface area contributed by atoms with Crippen molar-refractivity contribution in [3.05, 3.63) is 29.6 Å². The van der Waals surface area contributed by atoms with Gasteiger partial charge in [-0.05, 0) is 12.1 Å². The van der Waals surface area contributed by atoms with E-state index in [0.717, 1.165) is 6.07 Å². The largest absolute Gasteiger partial charge is 0.324 e. The van der Waals surface area contributed by atoms with E-state index in [4.69, 9.17) is 11.6 Å². The molecule has 0 saturated heterocycles. The molecule has 0 aliphatic carbocycles. The SMILES string of the molecule is CCS(=O)CCn1c(CCl)nc2ccc(F)c(F)c21. The number of hydrogen-bond acceptors (Lipinski definition) is 2. The van der Waals surface area contributed by atoms with Crippen LogP contribution in [-0.4, -0.2) is 25.3 Å². The maximum Gasteiger partial charge on any atom is 0.184 e. The standard InChI is InChI=1S/C12H13ClF2N2OS/c1-2-19(18)6-5-17-10(7-13)16-9-4-3-8(14)11(15)12(9)17/h3-4H,2,5-7H2,1H3. The van der Waals surface area contributed by atoms with Crippen molar-refractivity contribution in [1.29, 1.82) is 0 Å². The highest BCUT2D eigenvalue weighted by molar-refractivity contribution is 7.84. The maximum atomic E-state index is 13.9. The third kappa shape index (κ3) is 2.79. The van der Waals surface area contributed by atoms with Gasteiger partial charge in [-0.1, -0.05) is 6.92 Å².